The average Bonchev–Trinajstić information content (AvgIpc) is 3.30. The van der Waals surface area contributed by atoms with Crippen LogP contribution in [-0.2, 0) is 0 Å². The molecule has 20 heavy (non-hydrogen) atoms. The molecule has 2 N–H and O–H groups in total. The second kappa shape index (κ2) is 6.63. The normalized spacial score (nSPS) is 31.6. The van der Waals surface area contributed by atoms with E-state index in [1.54, 1.807) is 0 Å². The van der Waals surface area contributed by atoms with Crippen LogP contribution in [0.4, 0.5) is 0 Å². The molecule has 0 bridgehead atoms. The van der Waals surface area contributed by atoms with E-state index in [0.29, 0.717) is 10.2 Å². The molecule has 1 aliphatic heterocycles. The van der Waals surface area contributed by atoms with Gasteiger partial charge in [-0.05, 0) is 62.5 Å². The van der Waals surface area contributed by atoms with Gasteiger partial charge in [0, 0.05) is 24.9 Å². The van der Waals surface area contributed by atoms with Crippen LogP contribution in [0.5, 0.6) is 0 Å². The first kappa shape index (κ1) is 16.7. The van der Waals surface area contributed by atoms with Crippen molar-refractivity contribution in [2.45, 2.75) is 50.2 Å². The van der Waals surface area contributed by atoms with E-state index >= 15 is 0 Å². The van der Waals surface area contributed by atoms with Gasteiger partial charge in [0.15, 0.2) is 5.96 Å². The van der Waals surface area contributed by atoms with E-state index in [4.69, 9.17) is 0 Å². The highest BCUT2D eigenvalue weighted by molar-refractivity contribution is 14.0. The third-order valence-corrected chi connectivity index (χ3v) is 6.64. The first-order valence-electron chi connectivity index (χ1n) is 7.74. The van der Waals surface area contributed by atoms with Gasteiger partial charge in [0.05, 0.1) is 0 Å². The first-order chi connectivity index (χ1) is 9.16. The van der Waals surface area contributed by atoms with Gasteiger partial charge in [-0.1, -0.05) is 0 Å². The van der Waals surface area contributed by atoms with Crippen molar-refractivity contribution in [2.24, 2.45) is 16.3 Å². The maximum atomic E-state index is 4.38. The molecule has 3 fully saturated rings. The monoisotopic (exact) mass is 409 g/mol. The second-order valence-electron chi connectivity index (χ2n) is 6.82. The number of nitrogens with one attached hydrogen (secondary N) is 2. The smallest absolute Gasteiger partial charge is 0.191 e. The van der Waals surface area contributed by atoms with Crippen molar-refractivity contribution in [1.82, 2.24) is 10.6 Å². The fourth-order valence-corrected chi connectivity index (χ4v) is 4.56. The van der Waals surface area contributed by atoms with Crippen LogP contribution < -0.4 is 10.6 Å². The summed E-state index contributed by atoms with van der Waals surface area (Å²) in [6, 6.07) is 0. The highest BCUT2D eigenvalue weighted by Crippen LogP contribution is 2.60. The maximum absolute atomic E-state index is 4.38. The third kappa shape index (κ3) is 3.96. The summed E-state index contributed by atoms with van der Waals surface area (Å²) in [6.45, 7) is 4.53. The Labute approximate surface area is 144 Å². The summed E-state index contributed by atoms with van der Waals surface area (Å²) < 4.78 is 0.408. The minimum Gasteiger partial charge on any atom is -0.356 e. The summed E-state index contributed by atoms with van der Waals surface area (Å²) in [5.74, 6) is 3.33. The highest BCUT2D eigenvalue weighted by Gasteiger charge is 2.53. The Bertz CT molecular complexity index is 350. The Morgan fingerprint density at radius 2 is 1.90 bits per heavy atom. The van der Waals surface area contributed by atoms with Gasteiger partial charge < -0.3 is 10.6 Å². The van der Waals surface area contributed by atoms with Gasteiger partial charge in [-0.2, -0.15) is 11.8 Å². The quantitative estimate of drug-likeness (QED) is 0.416. The lowest BCUT2D eigenvalue weighted by molar-refractivity contribution is 0.430. The molecule has 0 aromatic rings. The predicted molar refractivity (Wildman–Crippen MR) is 99.3 cm³/mol. The molecule has 2 aliphatic carbocycles. The van der Waals surface area contributed by atoms with E-state index in [9.17, 15) is 0 Å². The molecule has 3 rings (SSSR count). The Morgan fingerprint density at radius 1 is 1.20 bits per heavy atom. The Hall–Kier alpha value is 0.350. The largest absolute Gasteiger partial charge is 0.356 e. The van der Waals surface area contributed by atoms with Crippen LogP contribution in [0.1, 0.15) is 45.4 Å². The average molecular weight is 409 g/mol. The number of rotatable bonds is 5. The molecule has 3 nitrogen and oxygen atoms in total. The van der Waals surface area contributed by atoms with Crippen LogP contribution in [0.15, 0.2) is 4.99 Å². The minimum absolute atomic E-state index is 0. The highest BCUT2D eigenvalue weighted by atomic mass is 127. The summed E-state index contributed by atoms with van der Waals surface area (Å²) >= 11 is 2.10. The molecule has 0 amide bonds. The number of hydrogen-bond donors (Lipinski definition) is 2. The number of guanidine groups is 1. The van der Waals surface area contributed by atoms with Gasteiger partial charge in [0.2, 0.25) is 0 Å². The molecule has 0 aromatic carbocycles. The predicted octanol–water partition coefficient (Wildman–Crippen LogP) is 3.25. The lowest BCUT2D eigenvalue weighted by Gasteiger charge is -2.25. The number of aliphatic imine (C=N–C) groups is 1. The van der Waals surface area contributed by atoms with E-state index in [0.717, 1.165) is 25.0 Å². The molecule has 1 heterocycles. The van der Waals surface area contributed by atoms with Crippen LogP contribution in [-0.4, -0.2) is 36.6 Å². The SMILES string of the molecule is CN=C(NCC1(C)CCCS1)NCC1(C2CC2)CC1.I. The van der Waals surface area contributed by atoms with E-state index in [1.165, 1.54) is 44.3 Å². The fraction of sp³-hybridized carbons (Fsp3) is 0.933. The molecule has 1 saturated heterocycles. The van der Waals surface area contributed by atoms with Gasteiger partial charge in [0.25, 0.3) is 0 Å². The van der Waals surface area contributed by atoms with Gasteiger partial charge in [0.1, 0.15) is 0 Å². The van der Waals surface area contributed by atoms with Crippen LogP contribution in [0.2, 0.25) is 0 Å². The molecule has 2 saturated carbocycles. The molecule has 116 valence electrons. The zero-order valence-electron chi connectivity index (χ0n) is 12.7. The molecule has 5 heteroatoms. The number of hydrogen-bond acceptors (Lipinski definition) is 2. The van der Waals surface area contributed by atoms with Crippen LogP contribution in [0.3, 0.4) is 0 Å². The Balaban J connectivity index is 0.00000147. The molecule has 0 spiro atoms. The lowest BCUT2D eigenvalue weighted by atomic mass is 10.0. The van der Waals surface area contributed by atoms with Crippen LogP contribution in [0.25, 0.3) is 0 Å². The number of nitrogens with zero attached hydrogens (tertiary/aromatic N) is 1. The van der Waals surface area contributed by atoms with Crippen molar-refractivity contribution < 1.29 is 0 Å². The summed E-state index contributed by atoms with van der Waals surface area (Å²) in [7, 11) is 1.89. The second-order valence-corrected chi connectivity index (χ2v) is 8.50. The van der Waals surface area contributed by atoms with Crippen molar-refractivity contribution >= 4 is 41.7 Å². The molecular weight excluding hydrogens is 381 g/mol. The van der Waals surface area contributed by atoms with Crippen molar-refractivity contribution in [1.29, 1.82) is 0 Å². The Morgan fingerprint density at radius 3 is 2.40 bits per heavy atom. The van der Waals surface area contributed by atoms with E-state index in [2.05, 4.69) is 34.3 Å². The minimum atomic E-state index is 0. The van der Waals surface area contributed by atoms with Crippen LogP contribution in [0, 0.1) is 11.3 Å². The molecule has 0 aromatic heterocycles. The lowest BCUT2D eigenvalue weighted by Crippen LogP contribution is -2.45. The van der Waals surface area contributed by atoms with Crippen molar-refractivity contribution in [3.05, 3.63) is 0 Å². The number of halogens is 1. The zero-order chi connectivity index (χ0) is 13.3. The molecule has 1 unspecified atom stereocenters. The van der Waals surface area contributed by atoms with Crippen molar-refractivity contribution in [3.63, 3.8) is 0 Å². The van der Waals surface area contributed by atoms with Gasteiger partial charge in [-0.15, -0.1) is 24.0 Å². The standard InChI is InChI=1S/C15H27N3S.HI/c1-14(6-3-9-19-14)10-17-13(16-2)18-11-15(7-8-15)12-4-5-12;/h12H,3-11H2,1-2H3,(H2,16,17,18);1H. The summed E-state index contributed by atoms with van der Waals surface area (Å²) in [5, 5.41) is 7.09. The summed E-state index contributed by atoms with van der Waals surface area (Å²) in [6.07, 6.45) is 8.46. The number of thioether (sulfide) groups is 1. The van der Waals surface area contributed by atoms with Crippen molar-refractivity contribution in [2.75, 3.05) is 25.9 Å². The maximum Gasteiger partial charge on any atom is 0.191 e. The van der Waals surface area contributed by atoms with Gasteiger partial charge in [-0.3, -0.25) is 4.99 Å². The Kier molecular flexibility index (Phi) is 5.54. The van der Waals surface area contributed by atoms with Gasteiger partial charge >= 0.3 is 0 Å². The fourth-order valence-electron chi connectivity index (χ4n) is 3.31. The van der Waals surface area contributed by atoms with Crippen molar-refractivity contribution in [3.8, 4) is 0 Å². The topological polar surface area (TPSA) is 36.4 Å². The molecule has 3 aliphatic rings. The van der Waals surface area contributed by atoms with E-state index in [-0.39, 0.29) is 24.0 Å². The van der Waals surface area contributed by atoms with E-state index < -0.39 is 0 Å². The third-order valence-electron chi connectivity index (χ3n) is 5.10. The molecule has 0 radical (unpaired) electrons. The van der Waals surface area contributed by atoms with Gasteiger partial charge in [-0.25, -0.2) is 0 Å². The molecular formula is C15H28IN3S. The summed E-state index contributed by atoms with van der Waals surface area (Å²) in [4.78, 5) is 4.38. The van der Waals surface area contributed by atoms with E-state index in [1.807, 2.05) is 7.05 Å². The zero-order valence-corrected chi connectivity index (χ0v) is 15.9. The van der Waals surface area contributed by atoms with Crippen LogP contribution >= 0.6 is 35.7 Å². The summed E-state index contributed by atoms with van der Waals surface area (Å²) in [5.41, 5.74) is 0.642. The first-order valence-corrected chi connectivity index (χ1v) is 8.73. The molecule has 1 atom stereocenters.